The SMILES string of the molecule is CC1(C)CN(S(=O)(=O)c2cc(CN)oc2Br)CC(C)(C)O1. The van der Waals surface area contributed by atoms with Gasteiger partial charge in [0.25, 0.3) is 0 Å². The fourth-order valence-corrected chi connectivity index (χ4v) is 5.40. The molecule has 0 radical (unpaired) electrons. The van der Waals surface area contributed by atoms with Crippen LogP contribution in [0.15, 0.2) is 20.0 Å². The van der Waals surface area contributed by atoms with E-state index in [1.807, 2.05) is 27.7 Å². The molecule has 2 N–H and O–H groups in total. The first kappa shape index (κ1) is 17.0. The summed E-state index contributed by atoms with van der Waals surface area (Å²) in [4.78, 5) is 0.108. The Balaban J connectivity index is 2.41. The second kappa shape index (κ2) is 5.34. The molecule has 21 heavy (non-hydrogen) atoms. The zero-order valence-electron chi connectivity index (χ0n) is 12.6. The van der Waals surface area contributed by atoms with E-state index in [2.05, 4.69) is 15.9 Å². The first-order valence-electron chi connectivity index (χ1n) is 6.65. The molecule has 6 nitrogen and oxygen atoms in total. The van der Waals surface area contributed by atoms with Crippen molar-refractivity contribution in [3.8, 4) is 0 Å². The Morgan fingerprint density at radius 3 is 2.24 bits per heavy atom. The predicted octanol–water partition coefficient (Wildman–Crippen LogP) is 2.08. The van der Waals surface area contributed by atoms with Gasteiger partial charge >= 0.3 is 0 Å². The molecule has 0 unspecified atom stereocenters. The van der Waals surface area contributed by atoms with E-state index in [4.69, 9.17) is 14.9 Å². The van der Waals surface area contributed by atoms with Crippen LogP contribution in [0.1, 0.15) is 33.5 Å². The second-order valence-electron chi connectivity index (χ2n) is 6.45. The van der Waals surface area contributed by atoms with Crippen LogP contribution in [0.3, 0.4) is 0 Å². The highest BCUT2D eigenvalue weighted by Gasteiger charge is 2.44. The Kier molecular flexibility index (Phi) is 4.31. The van der Waals surface area contributed by atoms with E-state index in [-0.39, 0.29) is 29.2 Å². The van der Waals surface area contributed by atoms with E-state index in [0.29, 0.717) is 5.76 Å². The van der Waals surface area contributed by atoms with E-state index in [1.54, 1.807) is 0 Å². The minimum absolute atomic E-state index is 0.108. The number of nitrogens with zero attached hydrogens (tertiary/aromatic N) is 1. The number of sulfonamides is 1. The largest absolute Gasteiger partial charge is 0.452 e. The van der Waals surface area contributed by atoms with Crippen molar-refractivity contribution < 1.29 is 17.6 Å². The normalized spacial score (nSPS) is 22.4. The summed E-state index contributed by atoms with van der Waals surface area (Å²) in [5.74, 6) is 0.423. The van der Waals surface area contributed by atoms with Crippen molar-refractivity contribution in [1.82, 2.24) is 4.31 Å². The number of hydrogen-bond donors (Lipinski definition) is 1. The predicted molar refractivity (Wildman–Crippen MR) is 82.3 cm³/mol. The van der Waals surface area contributed by atoms with Gasteiger partial charge in [-0.25, -0.2) is 8.42 Å². The summed E-state index contributed by atoms with van der Waals surface area (Å²) >= 11 is 3.16. The maximum atomic E-state index is 12.9. The van der Waals surface area contributed by atoms with E-state index in [0.717, 1.165) is 0 Å². The average molecular weight is 381 g/mol. The highest BCUT2D eigenvalue weighted by atomic mass is 79.9. The van der Waals surface area contributed by atoms with E-state index in [1.165, 1.54) is 10.4 Å². The van der Waals surface area contributed by atoms with Gasteiger partial charge in [-0.05, 0) is 43.6 Å². The molecule has 0 spiro atoms. The lowest BCUT2D eigenvalue weighted by molar-refractivity contribution is -0.163. The summed E-state index contributed by atoms with van der Waals surface area (Å²) < 4.78 is 38.5. The maximum absolute atomic E-state index is 12.9. The molecule has 1 saturated heterocycles. The summed E-state index contributed by atoms with van der Waals surface area (Å²) in [6.45, 7) is 8.24. The molecule has 0 aromatic carbocycles. The maximum Gasteiger partial charge on any atom is 0.247 e. The molecule has 2 rings (SSSR count). The van der Waals surface area contributed by atoms with Gasteiger partial charge in [-0.2, -0.15) is 4.31 Å². The number of hydrogen-bond acceptors (Lipinski definition) is 5. The van der Waals surface area contributed by atoms with E-state index in [9.17, 15) is 8.42 Å². The highest BCUT2D eigenvalue weighted by Crippen LogP contribution is 2.34. The molecule has 0 aliphatic carbocycles. The molecule has 1 aliphatic rings. The van der Waals surface area contributed by atoms with Gasteiger partial charge in [0.1, 0.15) is 10.7 Å². The first-order chi connectivity index (χ1) is 9.47. The quantitative estimate of drug-likeness (QED) is 0.867. The molecule has 1 aliphatic heterocycles. The fourth-order valence-electron chi connectivity index (χ4n) is 2.70. The molecule has 120 valence electrons. The Bertz CT molecular complexity index is 621. The summed E-state index contributed by atoms with van der Waals surface area (Å²) in [7, 11) is -3.67. The van der Waals surface area contributed by atoms with Gasteiger partial charge in [0.05, 0.1) is 17.7 Å². The molecular weight excluding hydrogens is 360 g/mol. The number of furan rings is 1. The second-order valence-corrected chi connectivity index (χ2v) is 9.08. The molecule has 0 bridgehead atoms. The summed E-state index contributed by atoms with van der Waals surface area (Å²) in [5.41, 5.74) is 4.39. The summed E-state index contributed by atoms with van der Waals surface area (Å²) in [6.07, 6.45) is 0. The van der Waals surface area contributed by atoms with Crippen LogP contribution in [-0.4, -0.2) is 37.0 Å². The number of halogens is 1. The third-order valence-electron chi connectivity index (χ3n) is 3.19. The van der Waals surface area contributed by atoms with Crippen molar-refractivity contribution in [2.75, 3.05) is 13.1 Å². The molecule has 0 saturated carbocycles. The van der Waals surface area contributed by atoms with Crippen molar-refractivity contribution in [2.24, 2.45) is 5.73 Å². The first-order valence-corrected chi connectivity index (χ1v) is 8.89. The molecule has 1 aromatic rings. The molecular formula is C13H21BrN2O4S. The van der Waals surface area contributed by atoms with Crippen LogP contribution < -0.4 is 5.73 Å². The van der Waals surface area contributed by atoms with Gasteiger partial charge < -0.3 is 14.9 Å². The number of ether oxygens (including phenoxy) is 1. The lowest BCUT2D eigenvalue weighted by Crippen LogP contribution is -2.58. The summed E-state index contributed by atoms with van der Waals surface area (Å²) in [5, 5.41) is 0. The molecule has 0 atom stereocenters. The smallest absolute Gasteiger partial charge is 0.247 e. The Labute approximate surface area is 133 Å². The third kappa shape index (κ3) is 3.50. The van der Waals surface area contributed by atoms with Crippen LogP contribution in [-0.2, 0) is 21.3 Å². The van der Waals surface area contributed by atoms with E-state index >= 15 is 0 Å². The monoisotopic (exact) mass is 380 g/mol. The lowest BCUT2D eigenvalue weighted by Gasteiger charge is -2.46. The van der Waals surface area contributed by atoms with Crippen molar-refractivity contribution in [3.05, 3.63) is 16.5 Å². The van der Waals surface area contributed by atoms with Crippen LogP contribution >= 0.6 is 15.9 Å². The Morgan fingerprint density at radius 1 is 1.29 bits per heavy atom. The Hall–Kier alpha value is -0.410. The number of morpholine rings is 1. The van der Waals surface area contributed by atoms with Crippen LogP contribution in [0.2, 0.25) is 0 Å². The number of nitrogens with two attached hydrogens (primary N) is 1. The average Bonchev–Trinajstić information content (AvgIpc) is 2.67. The highest BCUT2D eigenvalue weighted by molar-refractivity contribution is 9.10. The van der Waals surface area contributed by atoms with Crippen LogP contribution in [0.25, 0.3) is 0 Å². The van der Waals surface area contributed by atoms with Gasteiger partial charge in [0.2, 0.25) is 10.0 Å². The van der Waals surface area contributed by atoms with Gasteiger partial charge in [-0.3, -0.25) is 0 Å². The van der Waals surface area contributed by atoms with Gasteiger partial charge in [0.15, 0.2) is 4.67 Å². The van der Waals surface area contributed by atoms with Crippen LogP contribution in [0.5, 0.6) is 0 Å². The van der Waals surface area contributed by atoms with Crippen LogP contribution in [0.4, 0.5) is 0 Å². The van der Waals surface area contributed by atoms with Crippen molar-refractivity contribution in [2.45, 2.75) is 50.3 Å². The van der Waals surface area contributed by atoms with Crippen LogP contribution in [0, 0.1) is 0 Å². The number of rotatable bonds is 3. The Morgan fingerprint density at radius 2 is 1.81 bits per heavy atom. The van der Waals surface area contributed by atoms with Crippen molar-refractivity contribution in [3.63, 3.8) is 0 Å². The van der Waals surface area contributed by atoms with Gasteiger partial charge in [-0.15, -0.1) is 0 Å². The minimum Gasteiger partial charge on any atom is -0.452 e. The van der Waals surface area contributed by atoms with Gasteiger partial charge in [-0.1, -0.05) is 0 Å². The van der Waals surface area contributed by atoms with Crippen molar-refractivity contribution in [1.29, 1.82) is 0 Å². The van der Waals surface area contributed by atoms with Crippen molar-refractivity contribution >= 4 is 26.0 Å². The topological polar surface area (TPSA) is 85.8 Å². The van der Waals surface area contributed by atoms with E-state index < -0.39 is 21.2 Å². The third-order valence-corrected chi connectivity index (χ3v) is 5.84. The summed E-state index contributed by atoms with van der Waals surface area (Å²) in [6, 6.07) is 1.47. The molecule has 1 aromatic heterocycles. The zero-order valence-corrected chi connectivity index (χ0v) is 15.0. The molecule has 1 fully saturated rings. The molecule has 8 heteroatoms. The lowest BCUT2D eigenvalue weighted by atomic mass is 10.0. The minimum atomic E-state index is -3.67. The molecule has 2 heterocycles. The fraction of sp³-hybridized carbons (Fsp3) is 0.692. The molecule has 0 amide bonds. The van der Waals surface area contributed by atoms with Gasteiger partial charge in [0, 0.05) is 19.2 Å². The zero-order chi connectivity index (χ0) is 16.1. The standard InChI is InChI=1S/C13H21BrN2O4S/c1-12(2)7-16(8-13(3,4)20-12)21(17,18)10-5-9(6-15)19-11(10)14/h5H,6-8,15H2,1-4H3.